The SMILES string of the molecule is CCCNc1cc(C(=O)NC(C)CS(C)(=O)=O)cc(C)n1. The number of pyridine rings is 1. The van der Waals surface area contributed by atoms with Crippen molar-refractivity contribution in [3.05, 3.63) is 23.4 Å². The third-order valence-electron chi connectivity index (χ3n) is 2.70. The normalized spacial score (nSPS) is 12.8. The molecule has 0 saturated carbocycles. The number of rotatable bonds is 7. The van der Waals surface area contributed by atoms with Crippen LogP contribution in [0.1, 0.15) is 36.3 Å². The highest BCUT2D eigenvalue weighted by atomic mass is 32.2. The van der Waals surface area contributed by atoms with Crippen LogP contribution in [0.25, 0.3) is 0 Å². The first-order valence-corrected chi connectivity index (χ1v) is 8.98. The van der Waals surface area contributed by atoms with Crippen LogP contribution in [-0.2, 0) is 9.84 Å². The van der Waals surface area contributed by atoms with E-state index >= 15 is 0 Å². The summed E-state index contributed by atoms with van der Waals surface area (Å²) in [5.74, 6) is 0.276. The molecule has 1 aromatic heterocycles. The lowest BCUT2D eigenvalue weighted by atomic mass is 10.2. The Hall–Kier alpha value is -1.63. The summed E-state index contributed by atoms with van der Waals surface area (Å²) in [5.41, 5.74) is 1.21. The molecule has 1 amide bonds. The summed E-state index contributed by atoms with van der Waals surface area (Å²) in [6.07, 6.45) is 2.11. The summed E-state index contributed by atoms with van der Waals surface area (Å²) in [4.78, 5) is 16.5. The molecule has 2 N–H and O–H groups in total. The van der Waals surface area contributed by atoms with Crippen molar-refractivity contribution in [1.29, 1.82) is 0 Å². The molecule has 1 unspecified atom stereocenters. The lowest BCUT2D eigenvalue weighted by Gasteiger charge is -2.14. The van der Waals surface area contributed by atoms with Crippen molar-refractivity contribution in [1.82, 2.24) is 10.3 Å². The molecule has 0 aromatic carbocycles. The molecule has 6 nitrogen and oxygen atoms in total. The van der Waals surface area contributed by atoms with Crippen molar-refractivity contribution < 1.29 is 13.2 Å². The number of aryl methyl sites for hydroxylation is 1. The zero-order chi connectivity index (χ0) is 16.0. The molecule has 7 heteroatoms. The number of anilines is 1. The summed E-state index contributed by atoms with van der Waals surface area (Å²) in [5, 5.41) is 5.82. The fraction of sp³-hybridized carbons (Fsp3) is 0.571. The lowest BCUT2D eigenvalue weighted by molar-refractivity contribution is 0.0943. The highest BCUT2D eigenvalue weighted by Gasteiger charge is 2.15. The van der Waals surface area contributed by atoms with Crippen molar-refractivity contribution in [3.8, 4) is 0 Å². The number of hydrogen-bond acceptors (Lipinski definition) is 5. The molecule has 118 valence electrons. The number of carbonyl (C=O) groups excluding carboxylic acids is 1. The largest absolute Gasteiger partial charge is 0.370 e. The highest BCUT2D eigenvalue weighted by Crippen LogP contribution is 2.10. The molecular formula is C14H23N3O3S. The molecule has 1 atom stereocenters. The van der Waals surface area contributed by atoms with Crippen molar-refractivity contribution in [2.24, 2.45) is 0 Å². The van der Waals surface area contributed by atoms with Gasteiger partial charge in [0.1, 0.15) is 15.7 Å². The van der Waals surface area contributed by atoms with E-state index in [-0.39, 0.29) is 11.7 Å². The minimum atomic E-state index is -3.12. The van der Waals surface area contributed by atoms with Crippen molar-refractivity contribution in [3.63, 3.8) is 0 Å². The Labute approximate surface area is 126 Å². The maximum atomic E-state index is 12.2. The topological polar surface area (TPSA) is 88.2 Å². The zero-order valence-corrected chi connectivity index (χ0v) is 13.8. The predicted octanol–water partition coefficient (Wildman–Crippen LogP) is 1.37. The average molecular weight is 313 g/mol. The number of carbonyl (C=O) groups is 1. The molecule has 21 heavy (non-hydrogen) atoms. The van der Waals surface area contributed by atoms with Crippen LogP contribution in [0.15, 0.2) is 12.1 Å². The van der Waals surface area contributed by atoms with Gasteiger partial charge in [0, 0.05) is 30.1 Å². The van der Waals surface area contributed by atoms with Gasteiger partial charge in [0.2, 0.25) is 0 Å². The van der Waals surface area contributed by atoms with Gasteiger partial charge in [-0.1, -0.05) is 6.92 Å². The Balaban J connectivity index is 2.79. The van der Waals surface area contributed by atoms with Crippen LogP contribution in [0.4, 0.5) is 5.82 Å². The molecule has 0 aliphatic carbocycles. The molecule has 0 aliphatic heterocycles. The van der Waals surface area contributed by atoms with Crippen LogP contribution in [-0.4, -0.2) is 43.9 Å². The third kappa shape index (κ3) is 6.57. The van der Waals surface area contributed by atoms with Crippen LogP contribution in [0, 0.1) is 6.92 Å². The van der Waals surface area contributed by atoms with E-state index < -0.39 is 15.9 Å². The fourth-order valence-electron chi connectivity index (χ4n) is 1.95. The average Bonchev–Trinajstić information content (AvgIpc) is 2.33. The summed E-state index contributed by atoms with van der Waals surface area (Å²) in [6, 6.07) is 2.91. The summed E-state index contributed by atoms with van der Waals surface area (Å²) < 4.78 is 22.4. The number of nitrogens with zero attached hydrogens (tertiary/aromatic N) is 1. The summed E-state index contributed by atoms with van der Waals surface area (Å²) in [6.45, 7) is 6.31. The third-order valence-corrected chi connectivity index (χ3v) is 3.81. The van der Waals surface area contributed by atoms with Gasteiger partial charge in [-0.05, 0) is 32.4 Å². The second kappa shape index (κ2) is 7.40. The number of sulfone groups is 1. The molecule has 0 spiro atoms. The van der Waals surface area contributed by atoms with Crippen LogP contribution in [0.5, 0.6) is 0 Å². The van der Waals surface area contributed by atoms with Gasteiger partial charge in [0.05, 0.1) is 5.75 Å². The monoisotopic (exact) mass is 313 g/mol. The molecule has 0 fully saturated rings. The highest BCUT2D eigenvalue weighted by molar-refractivity contribution is 7.90. The second-order valence-corrected chi connectivity index (χ2v) is 7.46. The molecule has 0 bridgehead atoms. The van der Waals surface area contributed by atoms with Gasteiger partial charge in [-0.2, -0.15) is 0 Å². The smallest absolute Gasteiger partial charge is 0.251 e. The quantitative estimate of drug-likeness (QED) is 0.794. The van der Waals surface area contributed by atoms with Gasteiger partial charge in [-0.3, -0.25) is 4.79 Å². The first-order valence-electron chi connectivity index (χ1n) is 6.92. The lowest BCUT2D eigenvalue weighted by Crippen LogP contribution is -2.37. The molecular weight excluding hydrogens is 290 g/mol. The number of amides is 1. The zero-order valence-electron chi connectivity index (χ0n) is 12.9. The molecule has 1 rings (SSSR count). The number of aromatic nitrogens is 1. The maximum absolute atomic E-state index is 12.2. The fourth-order valence-corrected chi connectivity index (χ4v) is 2.94. The van der Waals surface area contributed by atoms with E-state index in [1.54, 1.807) is 19.1 Å². The van der Waals surface area contributed by atoms with Gasteiger partial charge < -0.3 is 10.6 Å². The Morgan fingerprint density at radius 2 is 2.05 bits per heavy atom. The van der Waals surface area contributed by atoms with Gasteiger partial charge in [-0.25, -0.2) is 13.4 Å². The number of hydrogen-bond donors (Lipinski definition) is 2. The predicted molar refractivity (Wildman–Crippen MR) is 84.4 cm³/mol. The van der Waals surface area contributed by atoms with Crippen LogP contribution >= 0.6 is 0 Å². The van der Waals surface area contributed by atoms with E-state index in [9.17, 15) is 13.2 Å². The molecule has 0 radical (unpaired) electrons. The van der Waals surface area contributed by atoms with Crippen LogP contribution < -0.4 is 10.6 Å². The van der Waals surface area contributed by atoms with E-state index in [2.05, 4.69) is 15.6 Å². The summed E-state index contributed by atoms with van der Waals surface area (Å²) in [7, 11) is -3.12. The van der Waals surface area contributed by atoms with Crippen molar-refractivity contribution in [2.45, 2.75) is 33.2 Å². The van der Waals surface area contributed by atoms with E-state index in [1.807, 2.05) is 13.8 Å². The minimum absolute atomic E-state index is 0.0796. The van der Waals surface area contributed by atoms with E-state index in [1.165, 1.54) is 0 Å². The van der Waals surface area contributed by atoms with Crippen molar-refractivity contribution >= 4 is 21.6 Å². The van der Waals surface area contributed by atoms with Crippen LogP contribution in [0.2, 0.25) is 0 Å². The van der Waals surface area contributed by atoms with Crippen LogP contribution in [0.3, 0.4) is 0 Å². The Morgan fingerprint density at radius 3 is 2.62 bits per heavy atom. The Bertz CT molecular complexity index is 599. The molecule has 1 heterocycles. The van der Waals surface area contributed by atoms with Gasteiger partial charge in [0.25, 0.3) is 5.91 Å². The molecule has 0 saturated heterocycles. The minimum Gasteiger partial charge on any atom is -0.370 e. The van der Waals surface area contributed by atoms with E-state index in [0.29, 0.717) is 11.4 Å². The first-order chi connectivity index (χ1) is 9.71. The van der Waals surface area contributed by atoms with Gasteiger partial charge >= 0.3 is 0 Å². The first kappa shape index (κ1) is 17.4. The van der Waals surface area contributed by atoms with E-state index in [4.69, 9.17) is 0 Å². The Morgan fingerprint density at radius 1 is 1.38 bits per heavy atom. The maximum Gasteiger partial charge on any atom is 0.251 e. The standard InChI is InChI=1S/C14H23N3O3S/c1-5-6-15-13-8-12(7-10(2)16-13)14(18)17-11(3)9-21(4,19)20/h7-8,11H,5-6,9H2,1-4H3,(H,15,16)(H,17,18). The van der Waals surface area contributed by atoms with Gasteiger partial charge in [0.15, 0.2) is 0 Å². The van der Waals surface area contributed by atoms with Crippen molar-refractivity contribution in [2.75, 3.05) is 23.9 Å². The number of nitrogens with one attached hydrogen (secondary N) is 2. The van der Waals surface area contributed by atoms with Gasteiger partial charge in [-0.15, -0.1) is 0 Å². The summed E-state index contributed by atoms with van der Waals surface area (Å²) >= 11 is 0. The van der Waals surface area contributed by atoms with E-state index in [0.717, 1.165) is 24.9 Å². The second-order valence-electron chi connectivity index (χ2n) is 5.28. The Kier molecular flexibility index (Phi) is 6.14. The molecule has 1 aromatic rings. The molecule has 0 aliphatic rings.